The van der Waals surface area contributed by atoms with Crippen molar-refractivity contribution in [2.75, 3.05) is 62.0 Å². The van der Waals surface area contributed by atoms with Crippen molar-refractivity contribution in [2.45, 2.75) is 89.9 Å². The maximum atomic E-state index is 13.3. The molecule has 0 spiro atoms. The Hall–Kier alpha value is -3.37. The van der Waals surface area contributed by atoms with E-state index in [0.717, 1.165) is 48.8 Å². The number of piperazine rings is 1. The highest BCUT2D eigenvalue weighted by molar-refractivity contribution is 6.04. The van der Waals surface area contributed by atoms with E-state index in [1.54, 1.807) is 18.1 Å². The molecule has 2 aliphatic carbocycles. The molecule has 6 rings (SSSR count). The van der Waals surface area contributed by atoms with Gasteiger partial charge in [-0.3, -0.25) is 14.5 Å². The van der Waals surface area contributed by atoms with E-state index in [0.29, 0.717) is 29.6 Å². The van der Waals surface area contributed by atoms with Gasteiger partial charge in [0.05, 0.1) is 18.5 Å². The van der Waals surface area contributed by atoms with E-state index in [1.807, 2.05) is 38.2 Å². The van der Waals surface area contributed by atoms with E-state index in [2.05, 4.69) is 39.2 Å². The summed E-state index contributed by atoms with van der Waals surface area (Å²) < 4.78 is 5.71. The van der Waals surface area contributed by atoms with Gasteiger partial charge >= 0.3 is 0 Å². The number of likely N-dealkylation sites (N-methyl/N-ethyl adjacent to an activating group) is 1. The molecule has 3 fully saturated rings. The van der Waals surface area contributed by atoms with E-state index in [-0.39, 0.29) is 29.9 Å². The van der Waals surface area contributed by atoms with Crippen LogP contribution in [0.3, 0.4) is 0 Å². The van der Waals surface area contributed by atoms with Crippen LogP contribution in [-0.2, 0) is 4.79 Å². The summed E-state index contributed by atoms with van der Waals surface area (Å²) in [7, 11) is 3.43. The van der Waals surface area contributed by atoms with E-state index in [9.17, 15) is 9.59 Å². The molecule has 0 radical (unpaired) electrons. The number of carbonyl (C=O) groups excluding carboxylic acids is 2. The van der Waals surface area contributed by atoms with E-state index in [1.165, 1.54) is 45.6 Å². The minimum absolute atomic E-state index is 0.0604. The van der Waals surface area contributed by atoms with E-state index in [4.69, 9.17) is 9.72 Å². The fourth-order valence-corrected chi connectivity index (χ4v) is 7.45. The molecule has 1 saturated heterocycles. The van der Waals surface area contributed by atoms with Crippen molar-refractivity contribution in [3.63, 3.8) is 0 Å². The van der Waals surface area contributed by atoms with Crippen molar-refractivity contribution in [3.05, 3.63) is 35.9 Å². The topological polar surface area (TPSA) is 93.3 Å². The minimum Gasteiger partial charge on any atom is -0.495 e. The Morgan fingerprint density at radius 3 is 2.40 bits per heavy atom. The highest BCUT2D eigenvalue weighted by Crippen LogP contribution is 2.38. The summed E-state index contributed by atoms with van der Waals surface area (Å²) in [5.41, 5.74) is 2.10. The summed E-state index contributed by atoms with van der Waals surface area (Å²) in [4.78, 5) is 40.4. The summed E-state index contributed by atoms with van der Waals surface area (Å²) in [5.74, 6) is 3.00. The lowest BCUT2D eigenvalue weighted by atomic mass is 9.89. The predicted octanol–water partition coefficient (Wildman–Crippen LogP) is 4.87. The molecule has 4 aliphatic rings. The monoisotopic (exact) mass is 617 g/mol. The first-order valence-electron chi connectivity index (χ1n) is 17.0. The first-order chi connectivity index (χ1) is 21.7. The number of amides is 2. The highest BCUT2D eigenvalue weighted by Gasteiger charge is 2.38. The number of rotatable bonds is 10. The van der Waals surface area contributed by atoms with E-state index < -0.39 is 0 Å². The zero-order chi connectivity index (χ0) is 31.7. The molecule has 10 nitrogen and oxygen atoms in total. The van der Waals surface area contributed by atoms with Crippen molar-refractivity contribution < 1.29 is 14.3 Å². The van der Waals surface area contributed by atoms with Crippen LogP contribution in [0, 0.1) is 5.92 Å². The number of pyridine rings is 1. The number of ether oxygens (including phenoxy) is 1. The summed E-state index contributed by atoms with van der Waals surface area (Å²) in [6, 6.07) is 10.0. The van der Waals surface area contributed by atoms with Crippen LogP contribution in [0.4, 0.5) is 23.0 Å². The highest BCUT2D eigenvalue weighted by atomic mass is 16.5. The Labute approximate surface area is 268 Å². The molecule has 1 atom stereocenters. The molecule has 45 heavy (non-hydrogen) atoms. The molecule has 1 aromatic heterocycles. The summed E-state index contributed by atoms with van der Waals surface area (Å²) in [6.07, 6.45) is 7.89. The van der Waals surface area contributed by atoms with Crippen molar-refractivity contribution in [3.8, 4) is 5.75 Å². The van der Waals surface area contributed by atoms with Crippen LogP contribution in [0.5, 0.6) is 5.75 Å². The molecule has 3 heterocycles. The first-order valence-corrected chi connectivity index (χ1v) is 17.0. The van der Waals surface area contributed by atoms with E-state index >= 15 is 0 Å². The number of methoxy groups -OCH3 is 1. The lowest BCUT2D eigenvalue weighted by Crippen LogP contribution is -2.54. The predicted molar refractivity (Wildman–Crippen MR) is 180 cm³/mol. The SMILES string of the molecule is CC[C@@H]1C(=O)N(C)c2ccc(Nc3ccc(C(=O)NC4CCC(N5CCN(CC6CC6)CC5)CC4)cc3OC)nc2N1C(C)C. The average Bonchev–Trinajstić information content (AvgIpc) is 3.87. The third-order valence-electron chi connectivity index (χ3n) is 10.2. The molecule has 0 bridgehead atoms. The Balaban J connectivity index is 1.06. The Morgan fingerprint density at radius 1 is 1.02 bits per heavy atom. The number of carbonyl (C=O) groups is 2. The van der Waals surface area contributed by atoms with Crippen molar-refractivity contribution >= 4 is 34.8 Å². The Bertz CT molecular complexity index is 1360. The van der Waals surface area contributed by atoms with Gasteiger partial charge in [-0.15, -0.1) is 0 Å². The van der Waals surface area contributed by atoms with Gasteiger partial charge in [-0.1, -0.05) is 6.92 Å². The zero-order valence-electron chi connectivity index (χ0n) is 27.7. The molecule has 244 valence electrons. The molecular weight excluding hydrogens is 566 g/mol. The average molecular weight is 618 g/mol. The second-order valence-electron chi connectivity index (χ2n) is 13.7. The van der Waals surface area contributed by atoms with Gasteiger partial charge in [0.2, 0.25) is 5.91 Å². The van der Waals surface area contributed by atoms with Crippen LogP contribution >= 0.6 is 0 Å². The molecule has 2 aromatic rings. The number of hydrogen-bond donors (Lipinski definition) is 2. The van der Waals surface area contributed by atoms with Crippen molar-refractivity contribution in [1.29, 1.82) is 0 Å². The third kappa shape index (κ3) is 6.92. The maximum Gasteiger partial charge on any atom is 0.251 e. The second-order valence-corrected chi connectivity index (χ2v) is 13.7. The van der Waals surface area contributed by atoms with Gasteiger partial charge in [-0.05, 0) is 95.0 Å². The van der Waals surface area contributed by atoms with Crippen LogP contribution in [-0.4, -0.2) is 97.6 Å². The van der Waals surface area contributed by atoms with Gasteiger partial charge in [-0.2, -0.15) is 0 Å². The molecular formula is C35H51N7O3. The summed E-state index contributed by atoms with van der Waals surface area (Å²) >= 11 is 0. The number of aromatic nitrogens is 1. The van der Waals surface area contributed by atoms with Gasteiger partial charge < -0.3 is 30.1 Å². The second kappa shape index (κ2) is 13.5. The largest absolute Gasteiger partial charge is 0.495 e. The van der Waals surface area contributed by atoms with Crippen LogP contribution in [0.1, 0.15) is 76.1 Å². The molecule has 10 heteroatoms. The quantitative estimate of drug-likeness (QED) is 0.390. The molecule has 2 amide bonds. The van der Waals surface area contributed by atoms with Gasteiger partial charge in [-0.25, -0.2) is 4.98 Å². The molecule has 2 saturated carbocycles. The fraction of sp³-hybridized carbons (Fsp3) is 0.629. The van der Waals surface area contributed by atoms with Gasteiger partial charge in [0.1, 0.15) is 17.6 Å². The fourth-order valence-electron chi connectivity index (χ4n) is 7.45. The Morgan fingerprint density at radius 2 is 1.76 bits per heavy atom. The maximum absolute atomic E-state index is 13.3. The number of anilines is 4. The molecule has 0 unspecified atom stereocenters. The Kier molecular flexibility index (Phi) is 9.52. The number of nitrogens with zero attached hydrogens (tertiary/aromatic N) is 5. The summed E-state index contributed by atoms with van der Waals surface area (Å²) in [6.45, 7) is 12.3. The van der Waals surface area contributed by atoms with Crippen molar-refractivity contribution in [2.24, 2.45) is 5.92 Å². The van der Waals surface area contributed by atoms with Gasteiger partial charge in [0.25, 0.3) is 5.91 Å². The smallest absolute Gasteiger partial charge is 0.251 e. The van der Waals surface area contributed by atoms with Crippen LogP contribution in [0.25, 0.3) is 0 Å². The molecule has 1 aromatic carbocycles. The number of nitrogens with one attached hydrogen (secondary N) is 2. The zero-order valence-corrected chi connectivity index (χ0v) is 27.7. The number of fused-ring (bicyclic) bond motifs is 1. The van der Waals surface area contributed by atoms with Crippen LogP contribution in [0.15, 0.2) is 30.3 Å². The first kappa shape index (κ1) is 31.6. The van der Waals surface area contributed by atoms with Crippen LogP contribution < -0.4 is 25.2 Å². The van der Waals surface area contributed by atoms with Gasteiger partial charge in [0, 0.05) is 63.5 Å². The number of hydrogen-bond acceptors (Lipinski definition) is 8. The van der Waals surface area contributed by atoms with Gasteiger partial charge in [0.15, 0.2) is 5.82 Å². The third-order valence-corrected chi connectivity index (χ3v) is 10.2. The summed E-state index contributed by atoms with van der Waals surface area (Å²) in [5, 5.41) is 6.67. The number of benzene rings is 1. The lowest BCUT2D eigenvalue weighted by molar-refractivity contribution is -0.120. The lowest BCUT2D eigenvalue weighted by Gasteiger charge is -2.42. The standard InChI is InChI=1S/C35H51N7O3/c1-6-29-35(44)39(4)30-15-16-32(38-33(30)42(29)23(2)3)37-28-14-9-25(21-31(28)45-5)34(43)36-26-10-12-27(13-11-26)41-19-17-40(18-20-41)22-24-7-8-24/h9,14-16,21,23-24,26-27,29H,6-8,10-13,17-20,22H2,1-5H3,(H,36,43)(H,37,38)/t26?,27?,29-/m1/s1. The minimum atomic E-state index is -0.250. The van der Waals surface area contributed by atoms with Crippen LogP contribution in [0.2, 0.25) is 0 Å². The van der Waals surface area contributed by atoms with Crippen molar-refractivity contribution in [1.82, 2.24) is 20.1 Å². The molecule has 2 N–H and O–H groups in total. The normalized spacial score (nSPS) is 24.5. The molecule has 2 aliphatic heterocycles.